The molecule has 3 nitrogen and oxygen atoms in total. The smallest absolute Gasteiger partial charge is 0.109 e. The van der Waals surface area contributed by atoms with Gasteiger partial charge in [-0.05, 0) is 37.6 Å². The van der Waals surface area contributed by atoms with E-state index in [1.165, 1.54) is 37.2 Å². The summed E-state index contributed by atoms with van der Waals surface area (Å²) in [5, 5.41) is 3.33. The lowest BCUT2D eigenvalue weighted by atomic mass is 9.88. The first-order valence-electron chi connectivity index (χ1n) is 6.61. The van der Waals surface area contributed by atoms with E-state index < -0.39 is 0 Å². The molecule has 88 valence electrons. The lowest BCUT2D eigenvalue weighted by Gasteiger charge is -2.19. The highest BCUT2D eigenvalue weighted by Crippen LogP contribution is 2.52. The van der Waals surface area contributed by atoms with Crippen molar-refractivity contribution < 1.29 is 0 Å². The van der Waals surface area contributed by atoms with E-state index in [1.54, 1.807) is 0 Å². The SMILES string of the molecule is CCNCc1cnc(C2CC3CCC2C3)[nH]1. The number of hydrogen-bond donors (Lipinski definition) is 2. The third-order valence-electron chi connectivity index (χ3n) is 4.30. The van der Waals surface area contributed by atoms with E-state index in [1.807, 2.05) is 6.20 Å². The molecule has 2 fully saturated rings. The number of H-pyrrole nitrogens is 1. The van der Waals surface area contributed by atoms with Gasteiger partial charge in [0.2, 0.25) is 0 Å². The maximum atomic E-state index is 4.57. The van der Waals surface area contributed by atoms with E-state index in [9.17, 15) is 0 Å². The molecule has 3 heteroatoms. The van der Waals surface area contributed by atoms with Gasteiger partial charge in [-0.2, -0.15) is 0 Å². The Hall–Kier alpha value is -0.830. The van der Waals surface area contributed by atoms with Crippen molar-refractivity contribution in [1.29, 1.82) is 0 Å². The van der Waals surface area contributed by atoms with Crippen LogP contribution < -0.4 is 5.32 Å². The number of hydrogen-bond acceptors (Lipinski definition) is 2. The number of fused-ring (bicyclic) bond motifs is 2. The Balaban J connectivity index is 1.68. The summed E-state index contributed by atoms with van der Waals surface area (Å²) in [7, 11) is 0. The molecule has 2 aliphatic carbocycles. The van der Waals surface area contributed by atoms with Crippen molar-refractivity contribution >= 4 is 0 Å². The van der Waals surface area contributed by atoms with Crippen LogP contribution in [0.15, 0.2) is 6.20 Å². The van der Waals surface area contributed by atoms with Crippen molar-refractivity contribution in [2.45, 2.75) is 45.1 Å². The van der Waals surface area contributed by atoms with Crippen LogP contribution in [0.25, 0.3) is 0 Å². The molecule has 0 saturated heterocycles. The molecule has 2 aliphatic rings. The molecular weight excluding hydrogens is 198 g/mol. The molecule has 3 atom stereocenters. The molecule has 16 heavy (non-hydrogen) atoms. The average molecular weight is 219 g/mol. The zero-order valence-corrected chi connectivity index (χ0v) is 10.00. The molecule has 0 amide bonds. The maximum Gasteiger partial charge on any atom is 0.109 e. The van der Waals surface area contributed by atoms with Crippen LogP contribution in [-0.4, -0.2) is 16.5 Å². The summed E-state index contributed by atoms with van der Waals surface area (Å²) >= 11 is 0. The molecule has 1 aromatic heterocycles. The number of nitrogens with one attached hydrogen (secondary N) is 2. The predicted octanol–water partition coefficient (Wildman–Crippen LogP) is 2.42. The van der Waals surface area contributed by atoms with Crippen molar-refractivity contribution in [3.05, 3.63) is 17.7 Å². The number of aromatic amines is 1. The first kappa shape index (κ1) is 10.3. The standard InChI is InChI=1S/C13H21N3/c1-2-14-7-11-8-15-13(16-11)12-6-9-3-4-10(12)5-9/h8-10,12,14H,2-7H2,1H3,(H,15,16). The van der Waals surface area contributed by atoms with E-state index in [4.69, 9.17) is 0 Å². The fourth-order valence-electron chi connectivity index (χ4n) is 3.49. The van der Waals surface area contributed by atoms with Crippen molar-refractivity contribution in [1.82, 2.24) is 15.3 Å². The molecule has 0 aromatic carbocycles. The average Bonchev–Trinajstić information content (AvgIpc) is 3.01. The minimum atomic E-state index is 0.731. The van der Waals surface area contributed by atoms with E-state index in [2.05, 4.69) is 22.2 Å². The Labute approximate surface area is 97.0 Å². The zero-order chi connectivity index (χ0) is 11.0. The fraction of sp³-hybridized carbons (Fsp3) is 0.769. The number of nitrogens with zero attached hydrogens (tertiary/aromatic N) is 1. The lowest BCUT2D eigenvalue weighted by Crippen LogP contribution is -2.13. The van der Waals surface area contributed by atoms with Crippen molar-refractivity contribution in [2.75, 3.05) is 6.54 Å². The Morgan fingerprint density at radius 1 is 1.44 bits per heavy atom. The van der Waals surface area contributed by atoms with Gasteiger partial charge in [-0.15, -0.1) is 0 Å². The van der Waals surface area contributed by atoms with Gasteiger partial charge in [0.05, 0.1) is 0 Å². The summed E-state index contributed by atoms with van der Waals surface area (Å²) in [6.45, 7) is 4.07. The summed E-state index contributed by atoms with van der Waals surface area (Å²) < 4.78 is 0. The Kier molecular flexibility index (Phi) is 2.72. The van der Waals surface area contributed by atoms with Crippen LogP contribution in [0.5, 0.6) is 0 Å². The Bertz CT molecular complexity index is 358. The number of rotatable bonds is 4. The van der Waals surface area contributed by atoms with Crippen LogP contribution in [-0.2, 0) is 6.54 Å². The maximum absolute atomic E-state index is 4.57. The molecule has 1 heterocycles. The molecule has 1 aromatic rings. The summed E-state index contributed by atoms with van der Waals surface area (Å²) in [5.41, 5.74) is 1.24. The van der Waals surface area contributed by atoms with Crippen LogP contribution >= 0.6 is 0 Å². The Morgan fingerprint density at radius 3 is 3.06 bits per heavy atom. The van der Waals surface area contributed by atoms with Crippen molar-refractivity contribution in [3.63, 3.8) is 0 Å². The monoisotopic (exact) mass is 219 g/mol. The summed E-state index contributed by atoms with van der Waals surface area (Å²) in [6, 6.07) is 0. The van der Waals surface area contributed by atoms with Crippen molar-refractivity contribution in [3.8, 4) is 0 Å². The number of aromatic nitrogens is 2. The van der Waals surface area contributed by atoms with Gasteiger partial charge in [-0.1, -0.05) is 13.3 Å². The third-order valence-corrected chi connectivity index (χ3v) is 4.30. The molecular formula is C13H21N3. The van der Waals surface area contributed by atoms with E-state index in [0.717, 1.165) is 30.8 Å². The van der Waals surface area contributed by atoms with Crippen molar-refractivity contribution in [2.24, 2.45) is 11.8 Å². The summed E-state index contributed by atoms with van der Waals surface area (Å²) in [5.74, 6) is 3.90. The van der Waals surface area contributed by atoms with Gasteiger partial charge in [0, 0.05) is 24.4 Å². The molecule has 3 rings (SSSR count). The van der Waals surface area contributed by atoms with Crippen LogP contribution in [0.3, 0.4) is 0 Å². The highest BCUT2D eigenvalue weighted by Gasteiger charge is 2.41. The van der Waals surface area contributed by atoms with E-state index in [0.29, 0.717) is 0 Å². The molecule has 2 saturated carbocycles. The minimum absolute atomic E-state index is 0.731. The molecule has 3 unspecified atom stereocenters. The highest BCUT2D eigenvalue weighted by molar-refractivity contribution is 5.11. The molecule has 0 spiro atoms. The normalized spacial score (nSPS) is 32.4. The van der Waals surface area contributed by atoms with Gasteiger partial charge in [-0.3, -0.25) is 0 Å². The second-order valence-corrected chi connectivity index (χ2v) is 5.36. The highest BCUT2D eigenvalue weighted by atomic mass is 15.0. The molecule has 2 N–H and O–H groups in total. The topological polar surface area (TPSA) is 40.7 Å². The predicted molar refractivity (Wildman–Crippen MR) is 64.2 cm³/mol. The van der Waals surface area contributed by atoms with Gasteiger partial charge in [0.25, 0.3) is 0 Å². The summed E-state index contributed by atoms with van der Waals surface area (Å²) in [4.78, 5) is 8.08. The largest absolute Gasteiger partial charge is 0.345 e. The fourth-order valence-corrected chi connectivity index (χ4v) is 3.49. The molecule has 2 bridgehead atoms. The first-order valence-corrected chi connectivity index (χ1v) is 6.61. The van der Waals surface area contributed by atoms with Gasteiger partial charge in [0.1, 0.15) is 5.82 Å². The van der Waals surface area contributed by atoms with Crippen LogP contribution in [0.1, 0.15) is 50.0 Å². The van der Waals surface area contributed by atoms with Gasteiger partial charge in [-0.25, -0.2) is 4.98 Å². The second kappa shape index (κ2) is 4.21. The quantitative estimate of drug-likeness (QED) is 0.816. The minimum Gasteiger partial charge on any atom is -0.345 e. The van der Waals surface area contributed by atoms with Crippen LogP contribution in [0, 0.1) is 11.8 Å². The third kappa shape index (κ3) is 1.77. The Morgan fingerprint density at radius 2 is 2.38 bits per heavy atom. The van der Waals surface area contributed by atoms with E-state index >= 15 is 0 Å². The molecule has 0 aliphatic heterocycles. The number of imidazole rings is 1. The lowest BCUT2D eigenvalue weighted by molar-refractivity contribution is 0.407. The van der Waals surface area contributed by atoms with Crippen LogP contribution in [0.2, 0.25) is 0 Å². The molecule has 0 radical (unpaired) electrons. The zero-order valence-electron chi connectivity index (χ0n) is 10.00. The second-order valence-electron chi connectivity index (χ2n) is 5.36. The van der Waals surface area contributed by atoms with Gasteiger partial charge >= 0.3 is 0 Å². The van der Waals surface area contributed by atoms with Gasteiger partial charge in [0.15, 0.2) is 0 Å². The first-order chi connectivity index (χ1) is 7.86. The van der Waals surface area contributed by atoms with E-state index in [-0.39, 0.29) is 0 Å². The van der Waals surface area contributed by atoms with Gasteiger partial charge < -0.3 is 10.3 Å². The van der Waals surface area contributed by atoms with Crippen LogP contribution in [0.4, 0.5) is 0 Å². The summed E-state index contributed by atoms with van der Waals surface area (Å²) in [6.07, 6.45) is 7.72.